The number of benzene rings is 4. The summed E-state index contributed by atoms with van der Waals surface area (Å²) in [7, 11) is 0. The number of aryl methyl sites for hydroxylation is 1. The fourth-order valence-electron chi connectivity index (χ4n) is 3.93. The molecule has 0 fully saturated rings. The fourth-order valence-corrected chi connectivity index (χ4v) is 3.93. The maximum absolute atomic E-state index is 6.12. The highest BCUT2D eigenvalue weighted by Gasteiger charge is 2.12. The van der Waals surface area contributed by atoms with Crippen LogP contribution in [0.25, 0.3) is 38.3 Å². The van der Waals surface area contributed by atoms with Crippen LogP contribution in [0.4, 0.5) is 0 Å². The normalized spacial score (nSPS) is 11.4. The molecule has 0 saturated heterocycles. The number of fused-ring (bicyclic) bond motifs is 4. The summed E-state index contributed by atoms with van der Waals surface area (Å²) in [5.74, 6) is 0. The van der Waals surface area contributed by atoms with Gasteiger partial charge >= 0.3 is 0 Å². The maximum atomic E-state index is 6.12. The van der Waals surface area contributed by atoms with Crippen LogP contribution in [-0.4, -0.2) is 0 Å². The largest absolute Gasteiger partial charge is 0.456 e. The first kappa shape index (κ1) is 15.9. The molecule has 0 bridgehead atoms. The second-order valence-corrected chi connectivity index (χ2v) is 7.00. The molecule has 5 rings (SSSR count). The van der Waals surface area contributed by atoms with Gasteiger partial charge in [0.2, 0.25) is 0 Å². The van der Waals surface area contributed by atoms with Gasteiger partial charge in [-0.25, -0.2) is 0 Å². The van der Waals surface area contributed by atoms with Crippen molar-refractivity contribution in [2.75, 3.05) is 0 Å². The van der Waals surface area contributed by atoms with Gasteiger partial charge in [0.15, 0.2) is 0 Å². The smallest absolute Gasteiger partial charge is 0.136 e. The zero-order chi connectivity index (χ0) is 18.4. The van der Waals surface area contributed by atoms with Crippen molar-refractivity contribution in [1.29, 1.82) is 0 Å². The van der Waals surface area contributed by atoms with Crippen LogP contribution >= 0.6 is 0 Å². The maximum Gasteiger partial charge on any atom is 0.136 e. The van der Waals surface area contributed by atoms with Crippen molar-refractivity contribution in [2.45, 2.75) is 13.3 Å². The van der Waals surface area contributed by atoms with Gasteiger partial charge in [0.1, 0.15) is 11.2 Å². The van der Waals surface area contributed by atoms with Crippen LogP contribution in [0.1, 0.15) is 23.6 Å². The van der Waals surface area contributed by atoms with E-state index in [0.29, 0.717) is 0 Å². The van der Waals surface area contributed by atoms with Gasteiger partial charge in [0.05, 0.1) is 0 Å². The van der Waals surface area contributed by atoms with E-state index in [-0.39, 0.29) is 0 Å². The minimum absolute atomic E-state index is 0.917. The topological polar surface area (TPSA) is 13.1 Å². The van der Waals surface area contributed by atoms with Crippen molar-refractivity contribution in [3.8, 4) is 0 Å². The highest BCUT2D eigenvalue weighted by molar-refractivity contribution is 6.10. The summed E-state index contributed by atoms with van der Waals surface area (Å²) in [6, 6.07) is 27.7. The zero-order valence-corrected chi connectivity index (χ0v) is 15.3. The zero-order valence-electron chi connectivity index (χ0n) is 15.3. The predicted molar refractivity (Wildman–Crippen MR) is 115 cm³/mol. The fraction of sp³-hybridized carbons (Fsp3) is 0.0769. The van der Waals surface area contributed by atoms with E-state index in [0.717, 1.165) is 39.5 Å². The molecule has 130 valence electrons. The molecule has 1 aromatic heterocycles. The van der Waals surface area contributed by atoms with Crippen LogP contribution < -0.4 is 0 Å². The van der Waals surface area contributed by atoms with E-state index in [4.69, 9.17) is 4.42 Å². The summed E-state index contributed by atoms with van der Waals surface area (Å²) in [5.41, 5.74) is 6.59. The number of hydrogen-bond acceptors (Lipinski definition) is 1. The van der Waals surface area contributed by atoms with E-state index in [2.05, 4.69) is 92.4 Å². The highest BCUT2D eigenvalue weighted by atomic mass is 16.3. The molecular formula is C26H20O. The standard InChI is InChI=1S/C26H20O/c1-3-18-8-6-7-11-22(18)17(2)19-12-13-25-23(14-19)24-15-20-9-4-5-10-21(20)16-26(24)27-25/h4-16H,2-3H2,1H3. The lowest BCUT2D eigenvalue weighted by Crippen LogP contribution is -1.92. The Balaban J connectivity index is 1.71. The van der Waals surface area contributed by atoms with Crippen LogP contribution in [-0.2, 0) is 6.42 Å². The van der Waals surface area contributed by atoms with Crippen LogP contribution in [0, 0.1) is 0 Å². The van der Waals surface area contributed by atoms with Crippen molar-refractivity contribution < 1.29 is 4.42 Å². The summed E-state index contributed by atoms with van der Waals surface area (Å²) in [6.45, 7) is 6.58. The summed E-state index contributed by atoms with van der Waals surface area (Å²) in [5, 5.41) is 4.73. The van der Waals surface area contributed by atoms with E-state index < -0.39 is 0 Å². The Kier molecular flexibility index (Phi) is 3.61. The molecule has 0 aliphatic heterocycles. The molecule has 0 saturated carbocycles. The molecule has 0 N–H and O–H groups in total. The van der Waals surface area contributed by atoms with Gasteiger partial charge in [-0.1, -0.05) is 68.1 Å². The van der Waals surface area contributed by atoms with Crippen molar-refractivity contribution in [3.05, 3.63) is 102 Å². The van der Waals surface area contributed by atoms with Gasteiger partial charge in [-0.05, 0) is 63.7 Å². The van der Waals surface area contributed by atoms with Gasteiger partial charge in [-0.3, -0.25) is 0 Å². The van der Waals surface area contributed by atoms with Gasteiger partial charge in [0.25, 0.3) is 0 Å². The molecule has 0 aliphatic carbocycles. The molecule has 0 unspecified atom stereocenters. The molecule has 0 atom stereocenters. The molecule has 0 spiro atoms. The summed E-state index contributed by atoms with van der Waals surface area (Å²) in [4.78, 5) is 0. The van der Waals surface area contributed by atoms with Crippen molar-refractivity contribution >= 4 is 38.3 Å². The molecule has 1 heterocycles. The minimum atomic E-state index is 0.917. The van der Waals surface area contributed by atoms with E-state index >= 15 is 0 Å². The van der Waals surface area contributed by atoms with Crippen LogP contribution in [0.15, 0.2) is 89.9 Å². The molecule has 0 radical (unpaired) electrons. The molecule has 1 heteroatoms. The number of furan rings is 1. The first-order valence-electron chi connectivity index (χ1n) is 9.37. The first-order chi connectivity index (χ1) is 13.2. The second-order valence-electron chi connectivity index (χ2n) is 7.00. The molecule has 1 nitrogen and oxygen atoms in total. The lowest BCUT2D eigenvalue weighted by molar-refractivity contribution is 0.669. The van der Waals surface area contributed by atoms with Crippen molar-refractivity contribution in [1.82, 2.24) is 0 Å². The average molecular weight is 348 g/mol. The highest BCUT2D eigenvalue weighted by Crippen LogP contribution is 2.35. The predicted octanol–water partition coefficient (Wildman–Crippen LogP) is 7.36. The van der Waals surface area contributed by atoms with Gasteiger partial charge in [-0.15, -0.1) is 0 Å². The third-order valence-corrected chi connectivity index (χ3v) is 5.41. The van der Waals surface area contributed by atoms with E-state index in [9.17, 15) is 0 Å². The molecule has 0 amide bonds. The van der Waals surface area contributed by atoms with E-state index in [1.807, 2.05) is 0 Å². The Morgan fingerprint density at radius 3 is 2.30 bits per heavy atom. The number of rotatable bonds is 3. The van der Waals surface area contributed by atoms with Crippen LogP contribution in [0.3, 0.4) is 0 Å². The van der Waals surface area contributed by atoms with Crippen LogP contribution in [0.5, 0.6) is 0 Å². The lowest BCUT2D eigenvalue weighted by atomic mass is 9.93. The van der Waals surface area contributed by atoms with Gasteiger partial charge < -0.3 is 4.42 Å². The van der Waals surface area contributed by atoms with E-state index in [1.54, 1.807) is 0 Å². The molecular weight excluding hydrogens is 328 g/mol. The minimum Gasteiger partial charge on any atom is -0.456 e. The summed E-state index contributed by atoms with van der Waals surface area (Å²) in [6.07, 6.45) is 0.998. The number of hydrogen-bond donors (Lipinski definition) is 0. The quantitative estimate of drug-likeness (QED) is 0.332. The Labute approximate surface area is 158 Å². The van der Waals surface area contributed by atoms with E-state index in [1.165, 1.54) is 21.9 Å². The summed E-state index contributed by atoms with van der Waals surface area (Å²) >= 11 is 0. The Hall–Kier alpha value is -3.32. The summed E-state index contributed by atoms with van der Waals surface area (Å²) < 4.78 is 6.12. The second kappa shape index (κ2) is 6.14. The van der Waals surface area contributed by atoms with Crippen LogP contribution in [0.2, 0.25) is 0 Å². The molecule has 27 heavy (non-hydrogen) atoms. The van der Waals surface area contributed by atoms with Crippen molar-refractivity contribution in [3.63, 3.8) is 0 Å². The monoisotopic (exact) mass is 348 g/mol. The molecule has 0 aliphatic rings. The molecule has 5 aromatic rings. The SMILES string of the molecule is C=C(c1ccc2oc3cc4ccccc4cc3c2c1)c1ccccc1CC. The Bertz CT molecular complexity index is 1320. The Morgan fingerprint density at radius 1 is 0.778 bits per heavy atom. The average Bonchev–Trinajstić information content (AvgIpc) is 3.08. The molecule has 4 aromatic carbocycles. The van der Waals surface area contributed by atoms with Gasteiger partial charge in [-0.2, -0.15) is 0 Å². The third-order valence-electron chi connectivity index (χ3n) is 5.41. The third kappa shape index (κ3) is 2.55. The first-order valence-corrected chi connectivity index (χ1v) is 9.37. The van der Waals surface area contributed by atoms with Gasteiger partial charge in [0, 0.05) is 10.8 Å². The lowest BCUT2D eigenvalue weighted by Gasteiger charge is -2.11. The van der Waals surface area contributed by atoms with Crippen molar-refractivity contribution in [2.24, 2.45) is 0 Å². The Morgan fingerprint density at radius 2 is 1.48 bits per heavy atom.